The molecule has 0 radical (unpaired) electrons. The fourth-order valence-electron chi connectivity index (χ4n) is 1.57. The summed E-state index contributed by atoms with van der Waals surface area (Å²) in [6.07, 6.45) is 1.14. The molecular weight excluding hydrogens is 396 g/mol. The van der Waals surface area contributed by atoms with E-state index in [1.165, 1.54) is 39.0 Å². The van der Waals surface area contributed by atoms with Gasteiger partial charge in [-0.1, -0.05) is 102 Å². The molecule has 0 amide bonds. The van der Waals surface area contributed by atoms with Crippen LogP contribution in [0.2, 0.25) is 0 Å². The van der Waals surface area contributed by atoms with Crippen LogP contribution in [0.3, 0.4) is 0 Å². The van der Waals surface area contributed by atoms with Gasteiger partial charge in [-0.3, -0.25) is 0 Å². The van der Waals surface area contributed by atoms with Crippen molar-refractivity contribution in [2.75, 3.05) is 0 Å². The van der Waals surface area contributed by atoms with E-state index < -0.39 is 0 Å². The Labute approximate surface area is 213 Å². The minimum Gasteiger partial charge on any atom is -0.106 e. The van der Waals surface area contributed by atoms with Crippen LogP contribution in [0.1, 0.15) is 122 Å². The maximum Gasteiger partial charge on any atom is -0.0307 e. The summed E-state index contributed by atoms with van der Waals surface area (Å²) >= 11 is 0. The first-order valence-electron chi connectivity index (χ1n) is 12.7. The molecule has 0 bridgehead atoms. The lowest BCUT2D eigenvalue weighted by Gasteiger charge is -2.05. The normalized spacial score (nSPS) is 7.70. The highest BCUT2D eigenvalue weighted by Gasteiger charge is 1.95. The van der Waals surface area contributed by atoms with E-state index in [0.717, 1.165) is 12.3 Å². The van der Waals surface area contributed by atoms with Crippen LogP contribution in [0.4, 0.5) is 0 Å². The van der Waals surface area contributed by atoms with Crippen LogP contribution in [0, 0.1) is 12.8 Å². The second-order valence-corrected chi connectivity index (χ2v) is 8.53. The van der Waals surface area contributed by atoms with Gasteiger partial charge in [-0.2, -0.15) is 0 Å². The van der Waals surface area contributed by atoms with E-state index in [1.54, 1.807) is 0 Å². The number of hydrogen-bond acceptors (Lipinski definition) is 0. The van der Waals surface area contributed by atoms with Crippen LogP contribution < -0.4 is 0 Å². The molecule has 1 aromatic rings. The Kier molecular flexibility index (Phi) is 47.2. The molecular formula is C33H64. The van der Waals surface area contributed by atoms with Gasteiger partial charge in [0.15, 0.2) is 0 Å². The molecule has 0 nitrogen and oxygen atoms in total. The Bertz CT molecular complexity index is 540. The lowest BCUT2D eigenvalue weighted by Crippen LogP contribution is -1.85. The third-order valence-corrected chi connectivity index (χ3v) is 3.59. The van der Waals surface area contributed by atoms with E-state index in [0.29, 0.717) is 0 Å². The number of aryl methyl sites for hydroxylation is 2. The summed E-state index contributed by atoms with van der Waals surface area (Å²) in [7, 11) is 0. The first-order chi connectivity index (χ1) is 15.3. The molecule has 0 N–H and O–H groups in total. The van der Waals surface area contributed by atoms with Crippen LogP contribution in [0.5, 0.6) is 0 Å². The van der Waals surface area contributed by atoms with Crippen LogP contribution in [0.15, 0.2) is 71.9 Å². The molecule has 0 unspecified atom stereocenters. The van der Waals surface area contributed by atoms with Crippen LogP contribution >= 0.6 is 0 Å². The Morgan fingerprint density at radius 3 is 1.03 bits per heavy atom. The number of rotatable bonds is 2. The van der Waals surface area contributed by atoms with Gasteiger partial charge in [-0.05, 0) is 91.4 Å². The van der Waals surface area contributed by atoms with E-state index in [2.05, 4.69) is 120 Å². The zero-order chi connectivity index (χ0) is 28.2. The van der Waals surface area contributed by atoms with Gasteiger partial charge in [0, 0.05) is 0 Å². The van der Waals surface area contributed by atoms with E-state index in [1.807, 2.05) is 41.5 Å². The Morgan fingerprint density at radius 1 is 0.667 bits per heavy atom. The Morgan fingerprint density at radius 2 is 0.879 bits per heavy atom. The molecule has 0 spiro atoms. The molecule has 0 heterocycles. The van der Waals surface area contributed by atoms with E-state index in [-0.39, 0.29) is 0 Å². The molecule has 0 atom stereocenters. The van der Waals surface area contributed by atoms with E-state index in [4.69, 9.17) is 0 Å². The van der Waals surface area contributed by atoms with E-state index >= 15 is 0 Å². The smallest absolute Gasteiger partial charge is 0.0307 e. The Balaban J connectivity index is -0.0000000722. The highest BCUT2D eigenvalue weighted by Crippen LogP contribution is 2.16. The average Bonchev–Trinajstić information content (AvgIpc) is 2.77. The molecule has 0 aliphatic heterocycles. The summed E-state index contributed by atoms with van der Waals surface area (Å²) in [5, 5.41) is 0. The lowest BCUT2D eigenvalue weighted by atomic mass is 10.0. The molecule has 0 aliphatic rings. The Hall–Kier alpha value is -1.82. The minimum absolute atomic E-state index is 0.833. The molecule has 33 heavy (non-hydrogen) atoms. The van der Waals surface area contributed by atoms with Crippen LogP contribution in [0.25, 0.3) is 0 Å². The van der Waals surface area contributed by atoms with Crippen molar-refractivity contribution >= 4 is 0 Å². The average molecular weight is 461 g/mol. The fourth-order valence-corrected chi connectivity index (χ4v) is 1.57. The number of hydrogen-bond donors (Lipinski definition) is 0. The van der Waals surface area contributed by atoms with Crippen molar-refractivity contribution < 1.29 is 0 Å². The standard InChI is InChI=1S/C10H18.C9H12.C4H10.C4H8.2C2H6.C2H4/c1-7(2)9(5)10(6)8(3)4;1-3-9-6-4-8(2)5-7-9;2*1-4(2)3;3*1-2/h1-6H3;4-7H,3H2,1-2H3;4H,1-3H3;1H2,2-3H3;2*1-2H3;1-2H2. The molecule has 1 aromatic carbocycles. The molecule has 196 valence electrons. The van der Waals surface area contributed by atoms with Gasteiger partial charge in [0.1, 0.15) is 0 Å². The molecule has 0 saturated carbocycles. The second kappa shape index (κ2) is 34.8. The van der Waals surface area contributed by atoms with Crippen molar-refractivity contribution in [3.63, 3.8) is 0 Å². The van der Waals surface area contributed by atoms with Gasteiger partial charge in [-0.25, -0.2) is 0 Å². The summed E-state index contributed by atoms with van der Waals surface area (Å²) in [5.41, 5.74) is 9.62. The van der Waals surface area contributed by atoms with Crippen molar-refractivity contribution in [2.24, 2.45) is 5.92 Å². The van der Waals surface area contributed by atoms with Gasteiger partial charge in [-0.15, -0.1) is 19.7 Å². The third kappa shape index (κ3) is 48.7. The quantitative estimate of drug-likeness (QED) is 0.304. The summed E-state index contributed by atoms with van der Waals surface area (Å²) < 4.78 is 0. The fraction of sp³-hybridized carbons (Fsp3) is 0.576. The van der Waals surface area contributed by atoms with E-state index in [9.17, 15) is 0 Å². The highest BCUT2D eigenvalue weighted by molar-refractivity contribution is 5.33. The molecule has 1 rings (SSSR count). The summed E-state index contributed by atoms with van der Waals surface area (Å²) in [6.45, 7) is 45.3. The molecule has 0 saturated heterocycles. The van der Waals surface area contributed by atoms with Gasteiger partial charge < -0.3 is 0 Å². The number of benzene rings is 1. The van der Waals surface area contributed by atoms with Crippen molar-refractivity contribution in [1.29, 1.82) is 0 Å². The van der Waals surface area contributed by atoms with Crippen LogP contribution in [-0.2, 0) is 6.42 Å². The summed E-state index contributed by atoms with van der Waals surface area (Å²) in [5.74, 6) is 0.833. The monoisotopic (exact) mass is 461 g/mol. The maximum atomic E-state index is 3.56. The van der Waals surface area contributed by atoms with Gasteiger partial charge in [0.05, 0.1) is 0 Å². The van der Waals surface area contributed by atoms with Crippen molar-refractivity contribution in [3.8, 4) is 0 Å². The largest absolute Gasteiger partial charge is 0.106 e. The van der Waals surface area contributed by atoms with Crippen LogP contribution in [-0.4, -0.2) is 0 Å². The van der Waals surface area contributed by atoms with Gasteiger partial charge in [0.2, 0.25) is 0 Å². The minimum atomic E-state index is 0.833. The first-order valence-corrected chi connectivity index (χ1v) is 12.7. The molecule has 0 aromatic heterocycles. The van der Waals surface area contributed by atoms with Crippen molar-refractivity contribution in [2.45, 2.75) is 124 Å². The predicted octanol–water partition coefficient (Wildman–Crippen LogP) is 12.4. The maximum absolute atomic E-state index is 3.56. The van der Waals surface area contributed by atoms with Crippen molar-refractivity contribution in [3.05, 3.63) is 83.0 Å². The summed E-state index contributed by atoms with van der Waals surface area (Å²) in [6, 6.07) is 8.66. The SMILES string of the molecule is C=C.C=C(C)C.CC.CC.CC(C)=C(C)C(C)=C(C)C.CC(C)C.CCc1ccc(C)cc1. The molecule has 0 aliphatic carbocycles. The lowest BCUT2D eigenvalue weighted by molar-refractivity contribution is 0.737. The molecule has 0 fully saturated rings. The zero-order valence-electron chi connectivity index (χ0n) is 26.2. The highest BCUT2D eigenvalue weighted by atomic mass is 14.0. The topological polar surface area (TPSA) is 0 Å². The summed E-state index contributed by atoms with van der Waals surface area (Å²) in [4.78, 5) is 0. The van der Waals surface area contributed by atoms with Gasteiger partial charge >= 0.3 is 0 Å². The van der Waals surface area contributed by atoms with Gasteiger partial charge in [0.25, 0.3) is 0 Å². The number of allylic oxidation sites excluding steroid dienone is 5. The second-order valence-electron chi connectivity index (χ2n) is 8.53. The zero-order valence-corrected chi connectivity index (χ0v) is 26.2. The predicted molar refractivity (Wildman–Crippen MR) is 164 cm³/mol. The third-order valence-electron chi connectivity index (χ3n) is 3.59. The van der Waals surface area contributed by atoms with Crippen molar-refractivity contribution in [1.82, 2.24) is 0 Å². The molecule has 0 heteroatoms. The first kappa shape index (κ1) is 44.8.